The molecule has 0 amide bonds. The van der Waals surface area contributed by atoms with Crippen LogP contribution in [0.2, 0.25) is 19.6 Å². The Labute approximate surface area is 92.4 Å². The molecule has 80 valence electrons. The van der Waals surface area contributed by atoms with Gasteiger partial charge >= 0.3 is 0 Å². The minimum Gasteiger partial charge on any atom is -0.532 e. The summed E-state index contributed by atoms with van der Waals surface area (Å²) in [5, 5.41) is 0. The summed E-state index contributed by atoms with van der Waals surface area (Å²) >= 11 is 0. The molecule has 0 fully saturated rings. The number of hydrogen-bond donors (Lipinski definition) is 0. The van der Waals surface area contributed by atoms with Crippen LogP contribution in [0.3, 0.4) is 0 Å². The van der Waals surface area contributed by atoms with E-state index in [0.717, 1.165) is 5.56 Å². The zero-order valence-corrected chi connectivity index (χ0v) is 10.5. The number of aliphatic imine (C=N–C) groups is 1. The Morgan fingerprint density at radius 1 is 1.27 bits per heavy atom. The summed E-state index contributed by atoms with van der Waals surface area (Å²) in [4.78, 5) is 4.17. The van der Waals surface area contributed by atoms with E-state index < -0.39 is 8.32 Å². The highest BCUT2D eigenvalue weighted by atomic mass is 28.4. The van der Waals surface area contributed by atoms with Gasteiger partial charge in [0.2, 0.25) is 8.32 Å². The van der Waals surface area contributed by atoms with Crippen LogP contribution in [0.4, 0.5) is 0 Å². The lowest BCUT2D eigenvalue weighted by molar-refractivity contribution is 0.421. The second kappa shape index (κ2) is 4.93. The maximum absolute atomic E-state index is 5.61. The van der Waals surface area contributed by atoms with Crippen LogP contribution in [0.1, 0.15) is 5.56 Å². The molecule has 0 bridgehead atoms. The molecular formula is C12H17NOSi. The van der Waals surface area contributed by atoms with Crippen molar-refractivity contribution in [1.29, 1.82) is 0 Å². The van der Waals surface area contributed by atoms with Crippen molar-refractivity contribution in [2.75, 3.05) is 0 Å². The number of rotatable bonds is 4. The molecule has 0 aromatic heterocycles. The van der Waals surface area contributed by atoms with Crippen molar-refractivity contribution in [2.45, 2.75) is 19.6 Å². The first-order valence-corrected chi connectivity index (χ1v) is 8.35. The number of benzene rings is 1. The zero-order valence-electron chi connectivity index (χ0n) is 9.53. The maximum atomic E-state index is 5.61. The molecule has 0 aliphatic rings. The standard InChI is InChI=1S/C12H17NOSi/c1-11(14-15(2,3)4)13-10-12-8-6-5-7-9-12/h5-10H,1H2,2-4H3. The van der Waals surface area contributed by atoms with E-state index in [9.17, 15) is 0 Å². The van der Waals surface area contributed by atoms with Crippen LogP contribution in [-0.4, -0.2) is 14.5 Å². The minimum atomic E-state index is -1.57. The van der Waals surface area contributed by atoms with Crippen LogP contribution in [0.15, 0.2) is 47.8 Å². The average Bonchev–Trinajstić information content (AvgIpc) is 2.14. The summed E-state index contributed by atoms with van der Waals surface area (Å²) < 4.78 is 5.61. The smallest absolute Gasteiger partial charge is 0.244 e. The predicted molar refractivity (Wildman–Crippen MR) is 67.6 cm³/mol. The van der Waals surface area contributed by atoms with E-state index in [0.29, 0.717) is 5.88 Å². The van der Waals surface area contributed by atoms with E-state index >= 15 is 0 Å². The highest BCUT2D eigenvalue weighted by Gasteiger charge is 2.15. The van der Waals surface area contributed by atoms with Gasteiger partial charge in [0.05, 0.1) is 0 Å². The molecule has 0 radical (unpaired) electrons. The van der Waals surface area contributed by atoms with E-state index in [1.807, 2.05) is 30.3 Å². The van der Waals surface area contributed by atoms with Crippen molar-refractivity contribution in [2.24, 2.45) is 4.99 Å². The molecule has 0 aliphatic carbocycles. The summed E-state index contributed by atoms with van der Waals surface area (Å²) in [6, 6.07) is 9.91. The largest absolute Gasteiger partial charge is 0.532 e. The van der Waals surface area contributed by atoms with E-state index in [1.54, 1.807) is 6.21 Å². The first-order valence-electron chi connectivity index (χ1n) is 4.94. The van der Waals surface area contributed by atoms with Gasteiger partial charge in [0.25, 0.3) is 0 Å². The third-order valence-corrected chi connectivity index (χ3v) is 2.43. The summed E-state index contributed by atoms with van der Waals surface area (Å²) in [5.41, 5.74) is 1.05. The van der Waals surface area contributed by atoms with Gasteiger partial charge in [0.1, 0.15) is 0 Å². The molecule has 0 saturated carbocycles. The Bertz CT molecular complexity index is 352. The molecule has 0 spiro atoms. The van der Waals surface area contributed by atoms with Gasteiger partial charge in [-0.15, -0.1) is 0 Å². The molecule has 3 heteroatoms. The highest BCUT2D eigenvalue weighted by molar-refractivity contribution is 6.70. The maximum Gasteiger partial charge on any atom is 0.244 e. The molecule has 0 heterocycles. The molecule has 0 saturated heterocycles. The quantitative estimate of drug-likeness (QED) is 0.432. The van der Waals surface area contributed by atoms with Crippen LogP contribution < -0.4 is 0 Å². The normalized spacial score (nSPS) is 11.7. The van der Waals surface area contributed by atoms with E-state index in [-0.39, 0.29) is 0 Å². The summed E-state index contributed by atoms with van der Waals surface area (Å²) in [7, 11) is -1.57. The Hall–Kier alpha value is -1.35. The van der Waals surface area contributed by atoms with Crippen LogP contribution >= 0.6 is 0 Å². The fourth-order valence-corrected chi connectivity index (χ4v) is 1.83. The zero-order chi connectivity index (χ0) is 11.3. The second-order valence-corrected chi connectivity index (χ2v) is 8.71. The van der Waals surface area contributed by atoms with Crippen molar-refractivity contribution in [1.82, 2.24) is 0 Å². The number of hydrogen-bond acceptors (Lipinski definition) is 2. The topological polar surface area (TPSA) is 21.6 Å². The Morgan fingerprint density at radius 2 is 1.87 bits per heavy atom. The van der Waals surface area contributed by atoms with E-state index in [4.69, 9.17) is 4.43 Å². The first-order chi connectivity index (χ1) is 6.97. The van der Waals surface area contributed by atoms with Crippen molar-refractivity contribution >= 4 is 14.5 Å². The fourth-order valence-electron chi connectivity index (χ4n) is 1.07. The van der Waals surface area contributed by atoms with Crippen molar-refractivity contribution < 1.29 is 4.43 Å². The third kappa shape index (κ3) is 5.17. The Morgan fingerprint density at radius 3 is 2.40 bits per heavy atom. The number of nitrogens with zero attached hydrogens (tertiary/aromatic N) is 1. The molecule has 0 aliphatic heterocycles. The lowest BCUT2D eigenvalue weighted by Gasteiger charge is -2.17. The van der Waals surface area contributed by atoms with Gasteiger partial charge in [-0.1, -0.05) is 30.3 Å². The van der Waals surface area contributed by atoms with Gasteiger partial charge < -0.3 is 4.43 Å². The molecule has 1 aromatic rings. The van der Waals surface area contributed by atoms with E-state index in [1.165, 1.54) is 0 Å². The van der Waals surface area contributed by atoms with Crippen LogP contribution in [0.25, 0.3) is 0 Å². The Balaban J connectivity index is 2.56. The summed E-state index contributed by atoms with van der Waals surface area (Å²) in [5.74, 6) is 0.498. The Kier molecular flexibility index (Phi) is 3.86. The molecule has 0 atom stereocenters. The highest BCUT2D eigenvalue weighted by Crippen LogP contribution is 2.09. The molecule has 1 rings (SSSR count). The van der Waals surface area contributed by atoms with Crippen LogP contribution in [0.5, 0.6) is 0 Å². The van der Waals surface area contributed by atoms with E-state index in [2.05, 4.69) is 31.2 Å². The fraction of sp³-hybridized carbons (Fsp3) is 0.250. The molecule has 1 aromatic carbocycles. The SMILES string of the molecule is C=C(N=Cc1ccccc1)O[Si](C)(C)C. The van der Waals surface area contributed by atoms with Crippen LogP contribution in [-0.2, 0) is 4.43 Å². The van der Waals surface area contributed by atoms with Crippen molar-refractivity contribution in [3.05, 3.63) is 48.4 Å². The molecule has 0 N–H and O–H groups in total. The molecule has 2 nitrogen and oxygen atoms in total. The predicted octanol–water partition coefficient (Wildman–Crippen LogP) is 3.43. The van der Waals surface area contributed by atoms with Gasteiger partial charge in [-0.3, -0.25) is 0 Å². The molecule has 0 unspecified atom stereocenters. The van der Waals surface area contributed by atoms with Gasteiger partial charge in [0, 0.05) is 6.21 Å². The van der Waals surface area contributed by atoms with Crippen LogP contribution in [0, 0.1) is 0 Å². The minimum absolute atomic E-state index is 0.498. The lowest BCUT2D eigenvalue weighted by atomic mass is 10.2. The second-order valence-electron chi connectivity index (χ2n) is 4.28. The van der Waals surface area contributed by atoms with Gasteiger partial charge in [0.15, 0.2) is 5.88 Å². The summed E-state index contributed by atoms with van der Waals surface area (Å²) in [6.45, 7) is 10.1. The summed E-state index contributed by atoms with van der Waals surface area (Å²) in [6.07, 6.45) is 1.77. The van der Waals surface area contributed by atoms with Gasteiger partial charge in [-0.05, 0) is 31.8 Å². The monoisotopic (exact) mass is 219 g/mol. The lowest BCUT2D eigenvalue weighted by Crippen LogP contribution is -2.24. The van der Waals surface area contributed by atoms with Gasteiger partial charge in [-0.2, -0.15) is 0 Å². The molecule has 15 heavy (non-hydrogen) atoms. The average molecular weight is 219 g/mol. The third-order valence-electron chi connectivity index (χ3n) is 1.58. The van der Waals surface area contributed by atoms with Crippen molar-refractivity contribution in [3.8, 4) is 0 Å². The van der Waals surface area contributed by atoms with Crippen molar-refractivity contribution in [3.63, 3.8) is 0 Å². The van der Waals surface area contributed by atoms with Gasteiger partial charge in [-0.25, -0.2) is 4.99 Å². The first kappa shape index (κ1) is 11.7. The molecular weight excluding hydrogens is 202 g/mol.